The number of nitrogens with zero attached hydrogens (tertiary/aromatic N) is 4. The van der Waals surface area contributed by atoms with Crippen LogP contribution in [-0.4, -0.2) is 57.6 Å². The van der Waals surface area contributed by atoms with Crippen molar-refractivity contribution >= 4 is 17.8 Å². The van der Waals surface area contributed by atoms with Gasteiger partial charge >= 0.3 is 0 Å². The van der Waals surface area contributed by atoms with Gasteiger partial charge in [0.1, 0.15) is 5.82 Å². The van der Waals surface area contributed by atoms with Crippen LogP contribution in [0.2, 0.25) is 0 Å². The molecule has 30 heavy (non-hydrogen) atoms. The third-order valence-corrected chi connectivity index (χ3v) is 5.14. The summed E-state index contributed by atoms with van der Waals surface area (Å²) in [4.78, 5) is 44.3. The smallest absolute Gasteiger partial charge is 0.297 e. The van der Waals surface area contributed by atoms with E-state index in [1.54, 1.807) is 28.9 Å². The van der Waals surface area contributed by atoms with Gasteiger partial charge in [-0.15, -0.1) is 0 Å². The first-order valence-electron chi connectivity index (χ1n) is 9.52. The molecule has 3 rings (SSSR count). The van der Waals surface area contributed by atoms with Crippen molar-refractivity contribution in [2.75, 3.05) is 31.1 Å². The van der Waals surface area contributed by atoms with E-state index in [-0.39, 0.29) is 29.9 Å². The predicted octanol–water partition coefficient (Wildman–Crippen LogP) is 0.532. The lowest BCUT2D eigenvalue weighted by Crippen LogP contribution is -2.49. The third kappa shape index (κ3) is 4.27. The number of aromatic hydroxyl groups is 1. The second kappa shape index (κ2) is 8.52. The molecule has 0 aliphatic carbocycles. The Hall–Kier alpha value is -3.43. The maximum Gasteiger partial charge on any atom is 0.297 e. The molecule has 2 aromatic rings. The summed E-state index contributed by atoms with van der Waals surface area (Å²) < 4.78 is 14.6. The number of amides is 2. The first-order valence-corrected chi connectivity index (χ1v) is 9.52. The van der Waals surface area contributed by atoms with E-state index in [2.05, 4.69) is 10.3 Å². The zero-order valence-electron chi connectivity index (χ0n) is 17.1. The van der Waals surface area contributed by atoms with Crippen LogP contribution in [0.5, 0.6) is 5.75 Å². The van der Waals surface area contributed by atoms with Crippen molar-refractivity contribution in [2.24, 2.45) is 7.05 Å². The molecule has 0 unspecified atom stereocenters. The van der Waals surface area contributed by atoms with E-state index in [4.69, 9.17) is 0 Å². The number of rotatable bonds is 4. The normalized spacial score (nSPS) is 14.0. The molecule has 9 nitrogen and oxygen atoms in total. The molecule has 1 aliphatic rings. The Morgan fingerprint density at radius 1 is 1.23 bits per heavy atom. The van der Waals surface area contributed by atoms with Crippen LogP contribution in [0, 0.1) is 12.7 Å². The highest BCUT2D eigenvalue weighted by atomic mass is 19.1. The fraction of sp³-hybridized carbons (Fsp3) is 0.400. The highest BCUT2D eigenvalue weighted by molar-refractivity contribution is 5.95. The second-order valence-electron chi connectivity index (χ2n) is 7.23. The summed E-state index contributed by atoms with van der Waals surface area (Å²) in [5.74, 6) is -1.58. The molecule has 160 valence electrons. The molecule has 0 bridgehead atoms. The Morgan fingerprint density at radius 2 is 1.90 bits per heavy atom. The van der Waals surface area contributed by atoms with Crippen molar-refractivity contribution in [3.8, 4) is 5.75 Å². The molecule has 1 aliphatic heterocycles. The lowest BCUT2D eigenvalue weighted by molar-refractivity contribution is -0.129. The fourth-order valence-electron chi connectivity index (χ4n) is 3.32. The minimum absolute atomic E-state index is 0.0294. The van der Waals surface area contributed by atoms with Gasteiger partial charge in [-0.1, -0.05) is 12.1 Å². The maximum absolute atomic E-state index is 13.4. The van der Waals surface area contributed by atoms with Crippen LogP contribution in [0.1, 0.15) is 28.5 Å². The van der Waals surface area contributed by atoms with E-state index in [0.717, 1.165) is 0 Å². The molecule has 1 aromatic heterocycles. The monoisotopic (exact) mass is 417 g/mol. The van der Waals surface area contributed by atoms with Gasteiger partial charge in [0.2, 0.25) is 17.6 Å². The summed E-state index contributed by atoms with van der Waals surface area (Å²) in [5.41, 5.74) is 0.00662. The van der Waals surface area contributed by atoms with Crippen LogP contribution in [0.3, 0.4) is 0 Å². The Morgan fingerprint density at radius 3 is 2.50 bits per heavy atom. The van der Waals surface area contributed by atoms with Gasteiger partial charge in [0.25, 0.3) is 11.5 Å². The van der Waals surface area contributed by atoms with Gasteiger partial charge in [-0.3, -0.25) is 19.0 Å². The highest BCUT2D eigenvalue weighted by Crippen LogP contribution is 2.17. The largest absolute Gasteiger partial charge is 0.501 e. The summed E-state index contributed by atoms with van der Waals surface area (Å²) in [6.45, 7) is 5.03. The summed E-state index contributed by atoms with van der Waals surface area (Å²) >= 11 is 0. The average Bonchev–Trinajstić information content (AvgIpc) is 2.73. The van der Waals surface area contributed by atoms with Gasteiger partial charge in [0.05, 0.1) is 0 Å². The van der Waals surface area contributed by atoms with Gasteiger partial charge in [0, 0.05) is 46.7 Å². The Kier molecular flexibility index (Phi) is 6.04. The number of benzene rings is 1. The molecule has 2 amide bonds. The minimum atomic E-state index is -0.739. The molecule has 0 saturated carbocycles. The van der Waals surface area contributed by atoms with Crippen molar-refractivity contribution in [1.82, 2.24) is 19.8 Å². The quantitative estimate of drug-likeness (QED) is 0.752. The zero-order chi connectivity index (χ0) is 22.0. The van der Waals surface area contributed by atoms with Crippen molar-refractivity contribution in [2.45, 2.75) is 20.4 Å². The van der Waals surface area contributed by atoms with Gasteiger partial charge in [0.15, 0.2) is 5.69 Å². The van der Waals surface area contributed by atoms with Gasteiger partial charge < -0.3 is 20.2 Å². The highest BCUT2D eigenvalue weighted by Gasteiger charge is 2.26. The van der Waals surface area contributed by atoms with Crippen molar-refractivity contribution < 1.29 is 19.1 Å². The Bertz CT molecular complexity index is 1040. The summed E-state index contributed by atoms with van der Waals surface area (Å²) in [6, 6.07) is 4.45. The van der Waals surface area contributed by atoms with Crippen LogP contribution < -0.4 is 15.8 Å². The molecular weight excluding hydrogens is 393 g/mol. The zero-order valence-corrected chi connectivity index (χ0v) is 17.1. The Labute approximate surface area is 172 Å². The van der Waals surface area contributed by atoms with Crippen LogP contribution in [0.4, 0.5) is 10.3 Å². The molecule has 2 heterocycles. The number of anilines is 1. The first-order chi connectivity index (χ1) is 14.2. The molecule has 10 heteroatoms. The van der Waals surface area contributed by atoms with Crippen LogP contribution in [0.15, 0.2) is 23.0 Å². The van der Waals surface area contributed by atoms with Gasteiger partial charge in [-0.25, -0.2) is 9.37 Å². The molecule has 1 aromatic carbocycles. The maximum atomic E-state index is 13.4. The molecule has 0 spiro atoms. The summed E-state index contributed by atoms with van der Waals surface area (Å²) in [5, 5.41) is 12.8. The van der Waals surface area contributed by atoms with E-state index in [1.165, 1.54) is 24.6 Å². The number of hydrogen-bond donors (Lipinski definition) is 2. The fourth-order valence-corrected chi connectivity index (χ4v) is 3.32. The van der Waals surface area contributed by atoms with E-state index in [0.29, 0.717) is 37.3 Å². The standard InChI is InChI=1S/C20H24FN5O4/c1-12-10-14(4-5-15(12)21)11-22-18(29)16-17(28)19(30)24(3)20(23-16)26-8-6-25(7-9-26)13(2)27/h4-5,10,28H,6-9,11H2,1-3H3,(H,22,29). The molecule has 0 radical (unpaired) electrons. The van der Waals surface area contributed by atoms with Crippen LogP contribution >= 0.6 is 0 Å². The molecule has 1 fully saturated rings. The van der Waals surface area contributed by atoms with Crippen molar-refractivity contribution in [1.29, 1.82) is 0 Å². The lowest BCUT2D eigenvalue weighted by Gasteiger charge is -2.35. The number of carbonyl (C=O) groups is 2. The molecule has 2 N–H and O–H groups in total. The first kappa shape index (κ1) is 21.3. The minimum Gasteiger partial charge on any atom is -0.501 e. The van der Waals surface area contributed by atoms with E-state index in [1.807, 2.05) is 0 Å². The molecular formula is C20H24FN5O4. The van der Waals surface area contributed by atoms with Gasteiger partial charge in [-0.2, -0.15) is 0 Å². The number of carbonyl (C=O) groups excluding carboxylic acids is 2. The second-order valence-corrected chi connectivity index (χ2v) is 7.23. The number of hydrogen-bond acceptors (Lipinski definition) is 6. The third-order valence-electron chi connectivity index (χ3n) is 5.14. The number of halogens is 1. The summed E-state index contributed by atoms with van der Waals surface area (Å²) in [6.07, 6.45) is 0. The molecule has 1 saturated heterocycles. The number of aromatic nitrogens is 2. The van der Waals surface area contributed by atoms with Crippen LogP contribution in [0.25, 0.3) is 0 Å². The SMILES string of the molecule is CC(=O)N1CCN(c2nc(C(=O)NCc3ccc(F)c(C)c3)c(O)c(=O)n2C)CC1. The van der Waals surface area contributed by atoms with Crippen LogP contribution in [-0.2, 0) is 18.4 Å². The van der Waals surface area contributed by atoms with Crippen molar-refractivity contribution in [3.63, 3.8) is 0 Å². The number of aryl methyl sites for hydroxylation is 1. The topological polar surface area (TPSA) is 108 Å². The predicted molar refractivity (Wildman–Crippen MR) is 108 cm³/mol. The molecule has 0 atom stereocenters. The Balaban J connectivity index is 1.80. The lowest BCUT2D eigenvalue weighted by atomic mass is 10.1. The van der Waals surface area contributed by atoms with E-state index < -0.39 is 17.2 Å². The number of piperazine rings is 1. The summed E-state index contributed by atoms with van der Waals surface area (Å²) in [7, 11) is 1.46. The van der Waals surface area contributed by atoms with E-state index in [9.17, 15) is 23.9 Å². The van der Waals surface area contributed by atoms with Gasteiger partial charge in [-0.05, 0) is 24.1 Å². The average molecular weight is 417 g/mol. The number of nitrogens with one attached hydrogen (secondary N) is 1. The van der Waals surface area contributed by atoms with E-state index >= 15 is 0 Å². The van der Waals surface area contributed by atoms with Crippen molar-refractivity contribution in [3.05, 3.63) is 51.2 Å².